The van der Waals surface area contributed by atoms with E-state index >= 15 is 0 Å². The molecule has 29 heavy (non-hydrogen) atoms. The van der Waals surface area contributed by atoms with Crippen molar-refractivity contribution >= 4 is 21.6 Å². The van der Waals surface area contributed by atoms with Crippen molar-refractivity contribution in [1.82, 2.24) is 14.8 Å². The van der Waals surface area contributed by atoms with Gasteiger partial charge in [-0.15, -0.1) is 0 Å². The van der Waals surface area contributed by atoms with Gasteiger partial charge in [0.1, 0.15) is 11.1 Å². The third-order valence-electron chi connectivity index (χ3n) is 6.19. The summed E-state index contributed by atoms with van der Waals surface area (Å²) in [4.78, 5) is 23.8. The number of anilines is 1. The Kier molecular flexibility index (Phi) is 7.16. The molecule has 2 fully saturated rings. The van der Waals surface area contributed by atoms with Gasteiger partial charge >= 0.3 is 0 Å². The van der Waals surface area contributed by atoms with Gasteiger partial charge in [-0.25, -0.2) is 13.4 Å². The highest BCUT2D eigenvalue weighted by Crippen LogP contribution is 2.22. The van der Waals surface area contributed by atoms with Gasteiger partial charge in [-0.2, -0.15) is 0 Å². The summed E-state index contributed by atoms with van der Waals surface area (Å²) >= 11 is 0. The van der Waals surface area contributed by atoms with Crippen LogP contribution in [0, 0.1) is 5.92 Å². The average molecular weight is 423 g/mol. The Morgan fingerprint density at radius 1 is 1.14 bits per heavy atom. The number of hydrogen-bond acceptors (Lipinski definition) is 6. The van der Waals surface area contributed by atoms with Crippen LogP contribution in [-0.2, 0) is 14.6 Å². The monoisotopic (exact) mass is 422 g/mol. The second-order valence-corrected chi connectivity index (χ2v) is 11.4. The minimum Gasteiger partial charge on any atom is -0.354 e. The molecule has 2 unspecified atom stereocenters. The molecule has 1 aromatic heterocycles. The van der Waals surface area contributed by atoms with Crippen LogP contribution >= 0.6 is 0 Å². The number of rotatable bonds is 6. The van der Waals surface area contributed by atoms with Gasteiger partial charge < -0.3 is 9.80 Å². The number of pyridine rings is 1. The first-order valence-electron chi connectivity index (χ1n) is 10.7. The van der Waals surface area contributed by atoms with Gasteiger partial charge in [0, 0.05) is 52.0 Å². The minimum absolute atomic E-state index is 0.233. The Hall–Kier alpha value is -1.67. The first kappa shape index (κ1) is 22.0. The lowest BCUT2D eigenvalue weighted by molar-refractivity contribution is -0.132. The highest BCUT2D eigenvalue weighted by atomic mass is 32.2. The number of carbonyl (C=O) groups excluding carboxylic acids is 1. The lowest BCUT2D eigenvalue weighted by Crippen LogP contribution is -2.52. The molecule has 8 heteroatoms. The number of nitrogens with zero attached hydrogens (tertiary/aromatic N) is 4. The van der Waals surface area contributed by atoms with E-state index in [1.165, 1.54) is 6.92 Å². The Balaban J connectivity index is 1.51. The normalized spacial score (nSPS) is 22.7. The Morgan fingerprint density at radius 2 is 1.86 bits per heavy atom. The van der Waals surface area contributed by atoms with Crippen molar-refractivity contribution < 1.29 is 13.2 Å². The van der Waals surface area contributed by atoms with Crippen LogP contribution in [0.15, 0.2) is 24.4 Å². The number of hydrogen-bond donors (Lipinski definition) is 0. The summed E-state index contributed by atoms with van der Waals surface area (Å²) < 4.78 is 24.8. The Labute approximate surface area is 175 Å². The van der Waals surface area contributed by atoms with Gasteiger partial charge in [0.05, 0.1) is 5.25 Å². The quantitative estimate of drug-likeness (QED) is 0.694. The largest absolute Gasteiger partial charge is 0.354 e. The number of amides is 1. The van der Waals surface area contributed by atoms with Gasteiger partial charge in [0.25, 0.3) is 0 Å². The predicted molar refractivity (Wildman–Crippen MR) is 116 cm³/mol. The lowest BCUT2D eigenvalue weighted by Gasteiger charge is -2.40. The molecule has 0 aliphatic carbocycles. The number of piperazine rings is 1. The zero-order chi connectivity index (χ0) is 21.0. The molecule has 1 aromatic rings. The summed E-state index contributed by atoms with van der Waals surface area (Å²) in [7, 11) is -3.42. The highest BCUT2D eigenvalue weighted by Gasteiger charge is 2.36. The van der Waals surface area contributed by atoms with Crippen LogP contribution in [0.1, 0.15) is 33.6 Å². The third-order valence-corrected chi connectivity index (χ3v) is 8.69. The summed E-state index contributed by atoms with van der Waals surface area (Å²) in [6.45, 7) is 11.0. The molecule has 0 spiro atoms. The van der Waals surface area contributed by atoms with Crippen molar-refractivity contribution in [3.63, 3.8) is 0 Å². The van der Waals surface area contributed by atoms with Gasteiger partial charge in [-0.05, 0) is 51.7 Å². The molecular formula is C21H34N4O3S. The summed E-state index contributed by atoms with van der Waals surface area (Å²) in [6.07, 6.45) is 3.87. The van der Waals surface area contributed by atoms with E-state index in [0.717, 1.165) is 51.4 Å². The van der Waals surface area contributed by atoms with Gasteiger partial charge in [0.15, 0.2) is 9.84 Å². The maximum absolute atomic E-state index is 12.8. The lowest BCUT2D eigenvalue weighted by atomic mass is 9.97. The van der Waals surface area contributed by atoms with E-state index in [0.29, 0.717) is 19.0 Å². The van der Waals surface area contributed by atoms with Crippen molar-refractivity contribution in [1.29, 1.82) is 0 Å². The molecule has 0 aromatic carbocycles. The molecule has 162 valence electrons. The molecule has 3 rings (SSSR count). The van der Waals surface area contributed by atoms with Crippen LogP contribution in [0.3, 0.4) is 0 Å². The molecule has 2 aliphatic rings. The molecule has 0 bridgehead atoms. The molecule has 0 N–H and O–H groups in total. The van der Waals surface area contributed by atoms with Crippen molar-refractivity contribution in [3.05, 3.63) is 24.4 Å². The molecule has 0 radical (unpaired) electrons. The highest BCUT2D eigenvalue weighted by molar-refractivity contribution is 7.93. The van der Waals surface area contributed by atoms with E-state index in [-0.39, 0.29) is 5.91 Å². The Bertz CT molecular complexity index is 776. The minimum atomic E-state index is -3.42. The third kappa shape index (κ3) is 5.28. The summed E-state index contributed by atoms with van der Waals surface area (Å²) in [5.74, 6) is 1.20. The van der Waals surface area contributed by atoms with Crippen LogP contribution < -0.4 is 4.90 Å². The van der Waals surface area contributed by atoms with Crippen molar-refractivity contribution in [2.24, 2.45) is 5.92 Å². The number of likely N-dealkylation sites (tertiary alicyclic amines) is 1. The zero-order valence-electron chi connectivity index (χ0n) is 17.8. The maximum atomic E-state index is 12.8. The van der Waals surface area contributed by atoms with Crippen molar-refractivity contribution in [2.45, 2.75) is 44.1 Å². The molecule has 3 heterocycles. The molecular weight excluding hydrogens is 388 g/mol. The summed E-state index contributed by atoms with van der Waals surface area (Å²) in [5.41, 5.74) is 0. The topological polar surface area (TPSA) is 73.8 Å². The second kappa shape index (κ2) is 9.43. The fraction of sp³-hybridized carbons (Fsp3) is 0.714. The standard InChI is InChI=1S/C21H34N4O3S/c1-17(2)29(27,28)18(3)21(26)25-10-6-7-19(16-25)15-23-11-13-24(14-12-23)20-8-4-5-9-22-20/h4-5,8-9,17-19H,6-7,10-16H2,1-3H3. The van der Waals surface area contributed by atoms with E-state index in [9.17, 15) is 13.2 Å². The molecule has 2 aliphatic heterocycles. The zero-order valence-corrected chi connectivity index (χ0v) is 18.6. The van der Waals surface area contributed by atoms with Gasteiger partial charge in [-0.1, -0.05) is 6.07 Å². The predicted octanol–water partition coefficient (Wildman–Crippen LogP) is 1.65. The molecule has 2 atom stereocenters. The summed E-state index contributed by atoms with van der Waals surface area (Å²) in [6, 6.07) is 6.00. The molecule has 0 saturated carbocycles. The number of sulfone groups is 1. The van der Waals surface area contributed by atoms with E-state index in [1.807, 2.05) is 24.4 Å². The van der Waals surface area contributed by atoms with E-state index in [2.05, 4.69) is 14.8 Å². The van der Waals surface area contributed by atoms with Crippen LogP contribution in [0.4, 0.5) is 5.82 Å². The SMILES string of the molecule is CC(C)S(=O)(=O)C(C)C(=O)N1CCCC(CN2CCN(c3ccccn3)CC2)C1. The van der Waals surface area contributed by atoms with Crippen LogP contribution in [0.5, 0.6) is 0 Å². The average Bonchev–Trinajstić information content (AvgIpc) is 2.74. The molecule has 2 saturated heterocycles. The molecule has 7 nitrogen and oxygen atoms in total. The van der Waals surface area contributed by atoms with E-state index in [1.54, 1.807) is 18.7 Å². The van der Waals surface area contributed by atoms with E-state index in [4.69, 9.17) is 0 Å². The first-order chi connectivity index (χ1) is 13.8. The van der Waals surface area contributed by atoms with Gasteiger partial charge in [0.2, 0.25) is 5.91 Å². The number of aromatic nitrogens is 1. The smallest absolute Gasteiger partial charge is 0.240 e. The fourth-order valence-electron chi connectivity index (χ4n) is 4.29. The van der Waals surface area contributed by atoms with Crippen molar-refractivity contribution in [2.75, 3.05) is 50.7 Å². The fourth-order valence-corrected chi connectivity index (χ4v) is 5.53. The van der Waals surface area contributed by atoms with Crippen LogP contribution in [0.2, 0.25) is 0 Å². The Morgan fingerprint density at radius 3 is 2.48 bits per heavy atom. The van der Waals surface area contributed by atoms with Crippen molar-refractivity contribution in [3.8, 4) is 0 Å². The van der Waals surface area contributed by atoms with E-state index < -0.39 is 20.3 Å². The molecule has 1 amide bonds. The van der Waals surface area contributed by atoms with Crippen LogP contribution in [0.25, 0.3) is 0 Å². The number of carbonyl (C=O) groups is 1. The summed E-state index contributed by atoms with van der Waals surface area (Å²) in [5, 5.41) is -1.49. The maximum Gasteiger partial charge on any atom is 0.240 e. The number of piperidine rings is 1. The van der Waals surface area contributed by atoms with Crippen LogP contribution in [-0.4, -0.2) is 85.4 Å². The second-order valence-electron chi connectivity index (χ2n) is 8.55. The first-order valence-corrected chi connectivity index (χ1v) is 12.3. The van der Waals surface area contributed by atoms with Gasteiger partial charge in [-0.3, -0.25) is 9.69 Å².